The summed E-state index contributed by atoms with van der Waals surface area (Å²) < 4.78 is 36.5. The molecule has 1 fully saturated rings. The molecule has 1 atom stereocenters. The third-order valence-corrected chi connectivity index (χ3v) is 5.27. The molecule has 0 radical (unpaired) electrons. The minimum Gasteiger partial charge on any atom is -0.370 e. The molecule has 1 saturated heterocycles. The standard InChI is InChI=1S/C17H27FN4O2S/c1-3-22-8-4-5-16(22)11-21-17(19)20-10-14-9-15(18)7-6-13(14)12-25(2,23)24/h6-7,9,16H,3-5,8,10-12H2,1-2H3,(H3,19,20,21). The number of hydrogen-bond acceptors (Lipinski definition) is 4. The Morgan fingerprint density at radius 3 is 2.88 bits per heavy atom. The number of sulfone groups is 1. The van der Waals surface area contributed by atoms with Crippen molar-refractivity contribution in [3.8, 4) is 0 Å². The van der Waals surface area contributed by atoms with E-state index in [0.717, 1.165) is 32.3 Å². The Balaban J connectivity index is 1.99. The third-order valence-electron chi connectivity index (χ3n) is 4.43. The zero-order valence-corrected chi connectivity index (χ0v) is 15.7. The number of guanidine groups is 1. The Kier molecular flexibility index (Phi) is 6.78. The molecule has 0 aliphatic carbocycles. The van der Waals surface area contributed by atoms with Crippen LogP contribution in [0.3, 0.4) is 0 Å². The number of halogens is 1. The fraction of sp³-hybridized carbons (Fsp3) is 0.588. The lowest BCUT2D eigenvalue weighted by Crippen LogP contribution is -2.42. The van der Waals surface area contributed by atoms with Crippen molar-refractivity contribution in [3.05, 3.63) is 35.1 Å². The molecule has 1 aromatic carbocycles. The highest BCUT2D eigenvalue weighted by atomic mass is 32.2. The van der Waals surface area contributed by atoms with Crippen molar-refractivity contribution < 1.29 is 12.8 Å². The number of likely N-dealkylation sites (tertiary alicyclic amines) is 1. The van der Waals surface area contributed by atoms with Crippen molar-refractivity contribution in [2.75, 3.05) is 25.9 Å². The lowest BCUT2D eigenvalue weighted by Gasteiger charge is -2.23. The van der Waals surface area contributed by atoms with E-state index in [0.29, 0.717) is 17.2 Å². The van der Waals surface area contributed by atoms with Gasteiger partial charge in [0.2, 0.25) is 0 Å². The summed E-state index contributed by atoms with van der Waals surface area (Å²) in [5.41, 5.74) is 6.99. The summed E-state index contributed by atoms with van der Waals surface area (Å²) in [5, 5.41) is 3.12. The first-order chi connectivity index (χ1) is 11.8. The van der Waals surface area contributed by atoms with Crippen molar-refractivity contribution in [1.29, 1.82) is 0 Å². The van der Waals surface area contributed by atoms with Crippen molar-refractivity contribution in [3.63, 3.8) is 0 Å². The second kappa shape index (κ2) is 8.62. The molecule has 0 saturated carbocycles. The molecule has 6 nitrogen and oxygen atoms in total. The van der Waals surface area contributed by atoms with Crippen molar-refractivity contribution in [1.82, 2.24) is 10.2 Å². The Morgan fingerprint density at radius 1 is 1.44 bits per heavy atom. The SMILES string of the molecule is CCN1CCCC1CNC(N)=NCc1cc(F)ccc1CS(C)(=O)=O. The molecule has 25 heavy (non-hydrogen) atoms. The van der Waals surface area contributed by atoms with E-state index in [2.05, 4.69) is 22.1 Å². The van der Waals surface area contributed by atoms with Crippen molar-refractivity contribution in [2.24, 2.45) is 10.7 Å². The van der Waals surface area contributed by atoms with Crippen LogP contribution in [0.4, 0.5) is 4.39 Å². The van der Waals surface area contributed by atoms with E-state index >= 15 is 0 Å². The number of nitrogens with two attached hydrogens (primary N) is 1. The van der Waals surface area contributed by atoms with E-state index in [4.69, 9.17) is 5.73 Å². The van der Waals surface area contributed by atoms with E-state index in [-0.39, 0.29) is 18.3 Å². The Hall–Kier alpha value is -1.67. The molecule has 1 unspecified atom stereocenters. The number of nitrogens with zero attached hydrogens (tertiary/aromatic N) is 2. The average molecular weight is 370 g/mol. The predicted molar refractivity (Wildman–Crippen MR) is 98.5 cm³/mol. The maximum absolute atomic E-state index is 13.5. The van der Waals surface area contributed by atoms with Gasteiger partial charge in [-0.3, -0.25) is 4.90 Å². The van der Waals surface area contributed by atoms with E-state index in [9.17, 15) is 12.8 Å². The molecular weight excluding hydrogens is 343 g/mol. The summed E-state index contributed by atoms with van der Waals surface area (Å²) in [5.74, 6) is -0.269. The van der Waals surface area contributed by atoms with Crippen LogP contribution >= 0.6 is 0 Å². The van der Waals surface area contributed by atoms with Gasteiger partial charge in [0.15, 0.2) is 15.8 Å². The molecule has 0 spiro atoms. The van der Waals surface area contributed by atoms with Crippen LogP contribution in [0.25, 0.3) is 0 Å². The van der Waals surface area contributed by atoms with Gasteiger partial charge in [0.1, 0.15) is 5.82 Å². The summed E-state index contributed by atoms with van der Waals surface area (Å²) in [4.78, 5) is 6.64. The quantitative estimate of drug-likeness (QED) is 0.557. The molecule has 0 amide bonds. The summed E-state index contributed by atoms with van der Waals surface area (Å²) >= 11 is 0. The van der Waals surface area contributed by atoms with Crippen LogP contribution in [-0.2, 0) is 22.1 Å². The van der Waals surface area contributed by atoms with Gasteiger partial charge in [0.25, 0.3) is 0 Å². The van der Waals surface area contributed by atoms with Crippen LogP contribution < -0.4 is 11.1 Å². The van der Waals surface area contributed by atoms with Crippen LogP contribution in [0.15, 0.2) is 23.2 Å². The second-order valence-electron chi connectivity index (χ2n) is 6.49. The smallest absolute Gasteiger partial charge is 0.188 e. The summed E-state index contributed by atoms with van der Waals surface area (Å²) in [6, 6.07) is 4.51. The lowest BCUT2D eigenvalue weighted by atomic mass is 10.1. The van der Waals surface area contributed by atoms with Crippen molar-refractivity contribution in [2.45, 2.75) is 38.1 Å². The van der Waals surface area contributed by atoms with Gasteiger partial charge in [-0.05, 0) is 49.2 Å². The first-order valence-corrected chi connectivity index (χ1v) is 10.6. The van der Waals surface area contributed by atoms with Gasteiger partial charge in [-0.2, -0.15) is 0 Å². The first kappa shape index (κ1) is 19.7. The highest BCUT2D eigenvalue weighted by Crippen LogP contribution is 2.16. The number of rotatable bonds is 7. The number of benzene rings is 1. The molecule has 3 N–H and O–H groups in total. The Bertz CT molecular complexity index is 721. The topological polar surface area (TPSA) is 87.8 Å². The van der Waals surface area contributed by atoms with Crippen LogP contribution in [0.5, 0.6) is 0 Å². The van der Waals surface area contributed by atoms with E-state index in [1.807, 2.05) is 0 Å². The number of aliphatic imine (C=N–C) groups is 1. The van der Waals surface area contributed by atoms with Gasteiger partial charge < -0.3 is 11.1 Å². The zero-order chi connectivity index (χ0) is 18.4. The zero-order valence-electron chi connectivity index (χ0n) is 14.8. The lowest BCUT2D eigenvalue weighted by molar-refractivity contribution is 0.267. The van der Waals surface area contributed by atoms with Gasteiger partial charge in [0.05, 0.1) is 12.3 Å². The van der Waals surface area contributed by atoms with Gasteiger partial charge in [0, 0.05) is 18.8 Å². The molecule has 2 rings (SSSR count). The summed E-state index contributed by atoms with van der Waals surface area (Å²) in [7, 11) is -3.20. The fourth-order valence-corrected chi connectivity index (χ4v) is 4.00. The number of hydrogen-bond donors (Lipinski definition) is 2. The van der Waals surface area contributed by atoms with Crippen LogP contribution in [0, 0.1) is 5.82 Å². The molecular formula is C17H27FN4O2S. The number of likely N-dealkylation sites (N-methyl/N-ethyl adjacent to an activating group) is 1. The van der Waals surface area contributed by atoms with E-state index in [1.165, 1.54) is 24.6 Å². The van der Waals surface area contributed by atoms with Gasteiger partial charge in [-0.15, -0.1) is 0 Å². The predicted octanol–water partition coefficient (Wildman–Crippen LogP) is 1.26. The van der Waals surface area contributed by atoms with E-state index in [1.54, 1.807) is 0 Å². The van der Waals surface area contributed by atoms with Gasteiger partial charge >= 0.3 is 0 Å². The molecule has 1 aliphatic rings. The van der Waals surface area contributed by atoms with Crippen LogP contribution in [-0.4, -0.2) is 51.2 Å². The normalized spacial score (nSPS) is 19.3. The van der Waals surface area contributed by atoms with Gasteiger partial charge in [-0.25, -0.2) is 17.8 Å². The van der Waals surface area contributed by atoms with Crippen LogP contribution in [0.1, 0.15) is 30.9 Å². The summed E-state index contributed by atoms with van der Waals surface area (Å²) in [6.07, 6.45) is 3.48. The minimum absolute atomic E-state index is 0.140. The average Bonchev–Trinajstić information content (AvgIpc) is 2.99. The largest absolute Gasteiger partial charge is 0.370 e. The van der Waals surface area contributed by atoms with E-state index < -0.39 is 15.7 Å². The second-order valence-corrected chi connectivity index (χ2v) is 8.63. The first-order valence-electron chi connectivity index (χ1n) is 8.51. The molecule has 1 aliphatic heterocycles. The third kappa shape index (κ3) is 6.28. The molecule has 1 aromatic rings. The molecule has 8 heteroatoms. The highest BCUT2D eigenvalue weighted by molar-refractivity contribution is 7.89. The van der Waals surface area contributed by atoms with Crippen molar-refractivity contribution >= 4 is 15.8 Å². The maximum atomic E-state index is 13.5. The molecule has 1 heterocycles. The fourth-order valence-electron chi connectivity index (χ4n) is 3.16. The molecule has 140 valence electrons. The molecule has 0 bridgehead atoms. The Labute approximate surface area is 149 Å². The number of nitrogens with one attached hydrogen (secondary N) is 1. The Morgan fingerprint density at radius 2 is 2.20 bits per heavy atom. The molecule has 0 aromatic heterocycles. The van der Waals surface area contributed by atoms with Gasteiger partial charge in [-0.1, -0.05) is 13.0 Å². The highest BCUT2D eigenvalue weighted by Gasteiger charge is 2.22. The monoisotopic (exact) mass is 370 g/mol. The summed E-state index contributed by atoms with van der Waals surface area (Å²) in [6.45, 7) is 5.13. The van der Waals surface area contributed by atoms with Crippen LogP contribution in [0.2, 0.25) is 0 Å². The minimum atomic E-state index is -3.20. The maximum Gasteiger partial charge on any atom is 0.188 e.